The van der Waals surface area contributed by atoms with E-state index in [1.807, 2.05) is 12.1 Å². The first-order valence-corrected chi connectivity index (χ1v) is 11.4. The van der Waals surface area contributed by atoms with E-state index in [2.05, 4.69) is 5.16 Å². The van der Waals surface area contributed by atoms with Crippen LogP contribution < -0.4 is 4.74 Å². The average Bonchev–Trinajstić information content (AvgIpc) is 3.28. The maximum absolute atomic E-state index is 14.4. The predicted octanol–water partition coefficient (Wildman–Crippen LogP) is 5.02. The Kier molecular flexibility index (Phi) is 6.52. The Labute approximate surface area is 190 Å². The van der Waals surface area contributed by atoms with Gasteiger partial charge in [-0.05, 0) is 42.0 Å². The van der Waals surface area contributed by atoms with Crippen LogP contribution in [0.2, 0.25) is 0 Å². The summed E-state index contributed by atoms with van der Waals surface area (Å²) in [6.07, 6.45) is 0. The zero-order valence-corrected chi connectivity index (χ0v) is 18.4. The standard InChI is InChI=1S/C24H20F2N2O4S/c1-31-23-8-4-2-6-20(23)22-14-19(32-27-22)16-28(15-17-10-12-18(25)13-11-17)33(29,30)24-9-5-3-7-21(24)26/h2-14H,15-16H2,1H3. The van der Waals surface area contributed by atoms with Crippen LogP contribution in [0, 0.1) is 11.6 Å². The van der Waals surface area contributed by atoms with Gasteiger partial charge in [0.1, 0.15) is 28.0 Å². The van der Waals surface area contributed by atoms with E-state index in [0.717, 1.165) is 10.4 Å². The number of aromatic nitrogens is 1. The van der Waals surface area contributed by atoms with Crippen LogP contribution >= 0.6 is 0 Å². The highest BCUT2D eigenvalue weighted by molar-refractivity contribution is 7.89. The molecule has 33 heavy (non-hydrogen) atoms. The summed E-state index contributed by atoms with van der Waals surface area (Å²) in [6, 6.07) is 19.3. The number of rotatable bonds is 8. The Morgan fingerprint density at radius 1 is 0.939 bits per heavy atom. The summed E-state index contributed by atoms with van der Waals surface area (Å²) in [5, 5.41) is 4.04. The summed E-state index contributed by atoms with van der Waals surface area (Å²) < 4.78 is 66.2. The summed E-state index contributed by atoms with van der Waals surface area (Å²) in [5.74, 6) is -0.481. The topological polar surface area (TPSA) is 72.6 Å². The minimum atomic E-state index is -4.25. The van der Waals surface area contributed by atoms with Gasteiger partial charge in [0.15, 0.2) is 5.76 Å². The van der Waals surface area contributed by atoms with E-state index in [9.17, 15) is 17.2 Å². The molecule has 0 bridgehead atoms. The zero-order chi connectivity index (χ0) is 23.4. The van der Waals surface area contributed by atoms with Crippen molar-refractivity contribution < 1.29 is 26.5 Å². The van der Waals surface area contributed by atoms with Crippen molar-refractivity contribution in [3.63, 3.8) is 0 Å². The molecule has 9 heteroatoms. The lowest BCUT2D eigenvalue weighted by Gasteiger charge is -2.21. The van der Waals surface area contributed by atoms with Crippen LogP contribution in [-0.2, 0) is 23.1 Å². The molecule has 0 spiro atoms. The van der Waals surface area contributed by atoms with Gasteiger partial charge in [0.05, 0.1) is 13.7 Å². The number of hydrogen-bond acceptors (Lipinski definition) is 5. The van der Waals surface area contributed by atoms with Crippen LogP contribution in [0.4, 0.5) is 8.78 Å². The van der Waals surface area contributed by atoms with Crippen LogP contribution in [0.1, 0.15) is 11.3 Å². The van der Waals surface area contributed by atoms with Crippen LogP contribution in [0.15, 0.2) is 88.3 Å². The summed E-state index contributed by atoms with van der Waals surface area (Å²) in [4.78, 5) is -0.462. The fourth-order valence-electron chi connectivity index (χ4n) is 3.36. The average molecular weight is 470 g/mol. The molecule has 1 heterocycles. The molecule has 4 aromatic rings. The predicted molar refractivity (Wildman–Crippen MR) is 118 cm³/mol. The first kappa shape index (κ1) is 22.6. The van der Waals surface area contributed by atoms with E-state index in [-0.39, 0.29) is 18.8 Å². The Balaban J connectivity index is 1.69. The third-order valence-corrected chi connectivity index (χ3v) is 6.83. The zero-order valence-electron chi connectivity index (χ0n) is 17.6. The number of ether oxygens (including phenoxy) is 1. The second kappa shape index (κ2) is 9.51. The van der Waals surface area contributed by atoms with Gasteiger partial charge in [0.25, 0.3) is 0 Å². The molecule has 0 aliphatic rings. The number of methoxy groups -OCH3 is 1. The quantitative estimate of drug-likeness (QED) is 0.362. The van der Waals surface area contributed by atoms with Gasteiger partial charge in [-0.1, -0.05) is 41.6 Å². The molecule has 0 N–H and O–H groups in total. The van der Waals surface area contributed by atoms with Gasteiger partial charge in [-0.15, -0.1) is 0 Å². The highest BCUT2D eigenvalue weighted by Crippen LogP contribution is 2.30. The van der Waals surface area contributed by atoms with E-state index < -0.39 is 26.6 Å². The van der Waals surface area contributed by atoms with Gasteiger partial charge < -0.3 is 9.26 Å². The van der Waals surface area contributed by atoms with Gasteiger partial charge in [0.2, 0.25) is 10.0 Å². The molecule has 1 aromatic heterocycles. The maximum Gasteiger partial charge on any atom is 0.246 e. The number of hydrogen-bond donors (Lipinski definition) is 0. The number of sulfonamides is 1. The molecule has 6 nitrogen and oxygen atoms in total. The van der Waals surface area contributed by atoms with E-state index >= 15 is 0 Å². The van der Waals surface area contributed by atoms with Crippen molar-refractivity contribution in [1.29, 1.82) is 0 Å². The monoisotopic (exact) mass is 470 g/mol. The number of benzene rings is 3. The van der Waals surface area contributed by atoms with Crippen LogP contribution in [0.3, 0.4) is 0 Å². The van der Waals surface area contributed by atoms with Crippen LogP contribution in [0.5, 0.6) is 5.75 Å². The second-order valence-electron chi connectivity index (χ2n) is 7.21. The second-order valence-corrected chi connectivity index (χ2v) is 9.12. The van der Waals surface area contributed by atoms with Crippen molar-refractivity contribution in [3.05, 3.63) is 102 Å². The third-order valence-electron chi connectivity index (χ3n) is 5.00. The highest BCUT2D eigenvalue weighted by Gasteiger charge is 2.29. The molecule has 3 aromatic carbocycles. The Bertz CT molecular complexity index is 1350. The van der Waals surface area contributed by atoms with E-state index in [1.54, 1.807) is 18.2 Å². The Hall–Kier alpha value is -3.56. The highest BCUT2D eigenvalue weighted by atomic mass is 32.2. The maximum atomic E-state index is 14.4. The molecular weight excluding hydrogens is 450 g/mol. The fourth-order valence-corrected chi connectivity index (χ4v) is 4.82. The minimum Gasteiger partial charge on any atom is -0.496 e. The molecule has 0 amide bonds. The number of halogens is 2. The number of para-hydroxylation sites is 1. The molecular formula is C24H20F2N2O4S. The first-order valence-electron chi connectivity index (χ1n) is 9.96. The largest absolute Gasteiger partial charge is 0.496 e. The lowest BCUT2D eigenvalue weighted by atomic mass is 10.1. The summed E-state index contributed by atoms with van der Waals surface area (Å²) in [7, 11) is -2.72. The summed E-state index contributed by atoms with van der Waals surface area (Å²) in [6.45, 7) is -0.335. The van der Waals surface area contributed by atoms with E-state index in [1.165, 1.54) is 49.6 Å². The lowest BCUT2D eigenvalue weighted by Crippen LogP contribution is -2.30. The van der Waals surface area contributed by atoms with E-state index in [0.29, 0.717) is 22.6 Å². The minimum absolute atomic E-state index is 0.123. The normalized spacial score (nSPS) is 11.6. The molecule has 0 saturated carbocycles. The SMILES string of the molecule is COc1ccccc1-c1cc(CN(Cc2ccc(F)cc2)S(=O)(=O)c2ccccc2F)on1. The van der Waals surface area contributed by atoms with Crippen molar-refractivity contribution in [3.8, 4) is 17.0 Å². The van der Waals surface area contributed by atoms with Crippen molar-refractivity contribution in [2.45, 2.75) is 18.0 Å². The van der Waals surface area contributed by atoms with Gasteiger partial charge in [0, 0.05) is 18.2 Å². The van der Waals surface area contributed by atoms with Gasteiger partial charge in [-0.25, -0.2) is 17.2 Å². The summed E-state index contributed by atoms with van der Waals surface area (Å²) >= 11 is 0. The molecule has 4 rings (SSSR count). The molecule has 0 saturated heterocycles. The molecule has 0 aliphatic heterocycles. The molecule has 0 unspecified atom stereocenters. The first-order chi connectivity index (χ1) is 15.9. The third kappa shape index (κ3) is 4.94. The fraction of sp³-hybridized carbons (Fsp3) is 0.125. The molecule has 0 atom stereocenters. The van der Waals surface area contributed by atoms with Gasteiger partial charge in [-0.2, -0.15) is 4.31 Å². The number of nitrogens with zero attached hydrogens (tertiary/aromatic N) is 2. The van der Waals surface area contributed by atoms with Crippen molar-refractivity contribution in [1.82, 2.24) is 9.46 Å². The van der Waals surface area contributed by atoms with Crippen molar-refractivity contribution >= 4 is 10.0 Å². The summed E-state index contributed by atoms with van der Waals surface area (Å²) in [5.41, 5.74) is 1.67. The molecule has 0 aliphatic carbocycles. The van der Waals surface area contributed by atoms with Crippen molar-refractivity contribution in [2.24, 2.45) is 0 Å². The smallest absolute Gasteiger partial charge is 0.246 e. The van der Waals surface area contributed by atoms with Gasteiger partial charge in [-0.3, -0.25) is 0 Å². The van der Waals surface area contributed by atoms with Crippen LogP contribution in [0.25, 0.3) is 11.3 Å². The van der Waals surface area contributed by atoms with E-state index in [4.69, 9.17) is 9.26 Å². The Morgan fingerprint density at radius 2 is 1.64 bits per heavy atom. The lowest BCUT2D eigenvalue weighted by molar-refractivity contribution is 0.318. The molecule has 0 fully saturated rings. The van der Waals surface area contributed by atoms with Crippen molar-refractivity contribution in [2.75, 3.05) is 7.11 Å². The van der Waals surface area contributed by atoms with Gasteiger partial charge >= 0.3 is 0 Å². The molecule has 170 valence electrons. The Morgan fingerprint density at radius 3 is 2.36 bits per heavy atom. The van der Waals surface area contributed by atoms with Crippen LogP contribution in [-0.4, -0.2) is 25.0 Å². The molecule has 0 radical (unpaired) electrons.